The Morgan fingerprint density at radius 3 is 2.81 bits per heavy atom. The Bertz CT molecular complexity index is 1080. The number of halogens is 1. The number of nitrogens with one attached hydrogen (secondary N) is 2. The maximum atomic E-state index is 14.7. The molecule has 0 aromatic carbocycles. The fraction of sp³-hybridized carbons (Fsp3) is 0.375. The van der Waals surface area contributed by atoms with Gasteiger partial charge in [0, 0.05) is 43.0 Å². The van der Waals surface area contributed by atoms with E-state index in [1.54, 1.807) is 0 Å². The zero-order chi connectivity index (χ0) is 21.2. The largest absolute Gasteiger partial charge is 0.370 e. The number of pyridine rings is 2. The average Bonchev–Trinajstić information content (AvgIpc) is 3.45. The summed E-state index contributed by atoms with van der Waals surface area (Å²) in [7, 11) is 0. The molecule has 7 heteroatoms. The molecule has 31 heavy (non-hydrogen) atoms. The summed E-state index contributed by atoms with van der Waals surface area (Å²) in [6.45, 7) is 4.85. The molecular formula is C24H27FN6. The molecule has 3 aromatic rings. The Kier molecular flexibility index (Phi) is 5.40. The molecule has 1 fully saturated rings. The summed E-state index contributed by atoms with van der Waals surface area (Å²) in [5, 5.41) is 3.18. The fourth-order valence-electron chi connectivity index (χ4n) is 4.32. The van der Waals surface area contributed by atoms with Gasteiger partial charge in [-0.1, -0.05) is 13.0 Å². The molecule has 0 radical (unpaired) electrons. The highest BCUT2D eigenvalue weighted by molar-refractivity contribution is 5.70. The third-order valence-corrected chi connectivity index (χ3v) is 6.08. The third-order valence-electron chi connectivity index (χ3n) is 6.08. The quantitative estimate of drug-likeness (QED) is 0.572. The number of nitrogens with zero attached hydrogens (tertiary/aromatic N) is 4. The lowest BCUT2D eigenvalue weighted by molar-refractivity contribution is 0.571. The number of aromatic nitrogens is 3. The second-order valence-electron chi connectivity index (χ2n) is 8.48. The number of anilines is 2. The second-order valence-corrected chi connectivity index (χ2v) is 8.48. The summed E-state index contributed by atoms with van der Waals surface area (Å²) in [5.41, 5.74) is 4.93. The Morgan fingerprint density at radius 1 is 1.16 bits per heavy atom. The van der Waals surface area contributed by atoms with Crippen molar-refractivity contribution in [3.63, 3.8) is 0 Å². The van der Waals surface area contributed by atoms with Crippen LogP contribution in [0.15, 0.2) is 41.7 Å². The van der Waals surface area contributed by atoms with Crippen LogP contribution in [0.25, 0.3) is 0 Å². The Morgan fingerprint density at radius 2 is 2.03 bits per heavy atom. The topological polar surface area (TPSA) is 69.2 Å². The fourth-order valence-corrected chi connectivity index (χ4v) is 4.32. The molecule has 0 aliphatic carbocycles. The lowest BCUT2D eigenvalue weighted by Gasteiger charge is -2.17. The normalized spacial score (nSPS) is 17.7. The van der Waals surface area contributed by atoms with Gasteiger partial charge in [0.05, 0.1) is 24.1 Å². The molecule has 3 aromatic heterocycles. The number of rotatable bonds is 6. The number of H-pyrrole nitrogens is 1. The van der Waals surface area contributed by atoms with Crippen LogP contribution in [0.1, 0.15) is 42.1 Å². The van der Waals surface area contributed by atoms with E-state index in [2.05, 4.69) is 43.2 Å². The standard InChI is InChI=1S/C24H27FN6/c1-16-10-21-18(13-29-24(21)28-12-16)11-17-4-7-22(30-23(17)25)27-14-19-5-6-20(15-26-19)31-8-2-3-9-31/h4-7,12-13,15-16,29H,2-3,8-11,14H2,1H3,(H,27,30). The van der Waals surface area contributed by atoms with Gasteiger partial charge in [-0.2, -0.15) is 4.39 Å². The van der Waals surface area contributed by atoms with Crippen molar-refractivity contribution in [3.8, 4) is 0 Å². The van der Waals surface area contributed by atoms with Crippen molar-refractivity contribution in [2.24, 2.45) is 10.9 Å². The van der Waals surface area contributed by atoms with Crippen LogP contribution in [-0.4, -0.2) is 34.3 Å². The van der Waals surface area contributed by atoms with Crippen LogP contribution in [0.5, 0.6) is 0 Å². The van der Waals surface area contributed by atoms with Crippen LogP contribution in [0.4, 0.5) is 21.7 Å². The molecule has 1 atom stereocenters. The molecule has 0 spiro atoms. The predicted molar refractivity (Wildman–Crippen MR) is 122 cm³/mol. The van der Waals surface area contributed by atoms with E-state index < -0.39 is 5.95 Å². The summed E-state index contributed by atoms with van der Waals surface area (Å²) in [4.78, 5) is 18.7. The molecule has 0 bridgehead atoms. The van der Waals surface area contributed by atoms with Crippen LogP contribution in [0, 0.1) is 11.9 Å². The van der Waals surface area contributed by atoms with Crippen molar-refractivity contribution in [3.05, 3.63) is 65.0 Å². The van der Waals surface area contributed by atoms with Gasteiger partial charge in [0.2, 0.25) is 5.95 Å². The van der Waals surface area contributed by atoms with E-state index in [-0.39, 0.29) is 0 Å². The molecule has 2 aliphatic rings. The molecule has 2 aliphatic heterocycles. The van der Waals surface area contributed by atoms with E-state index in [1.807, 2.05) is 36.8 Å². The second kappa shape index (κ2) is 8.49. The number of fused-ring (bicyclic) bond motifs is 1. The van der Waals surface area contributed by atoms with E-state index in [4.69, 9.17) is 0 Å². The number of hydrogen-bond donors (Lipinski definition) is 2. The van der Waals surface area contributed by atoms with E-state index in [9.17, 15) is 4.39 Å². The SMILES string of the molecule is CC1C=Nc2[nH]cc(Cc3ccc(NCc4ccc(N5CCCC5)cn4)nc3F)c2C1. The summed E-state index contributed by atoms with van der Waals surface area (Å²) in [5.74, 6) is 1.36. The smallest absolute Gasteiger partial charge is 0.218 e. The lowest BCUT2D eigenvalue weighted by Crippen LogP contribution is -2.17. The maximum absolute atomic E-state index is 14.7. The maximum Gasteiger partial charge on any atom is 0.218 e. The van der Waals surface area contributed by atoms with Crippen LogP contribution in [0.2, 0.25) is 0 Å². The van der Waals surface area contributed by atoms with E-state index in [0.717, 1.165) is 36.6 Å². The first-order valence-electron chi connectivity index (χ1n) is 11.0. The van der Waals surface area contributed by atoms with Gasteiger partial charge in [0.1, 0.15) is 11.6 Å². The van der Waals surface area contributed by atoms with Gasteiger partial charge in [0.25, 0.3) is 0 Å². The van der Waals surface area contributed by atoms with Crippen molar-refractivity contribution in [1.29, 1.82) is 0 Å². The third kappa shape index (κ3) is 4.31. The minimum Gasteiger partial charge on any atom is -0.370 e. The summed E-state index contributed by atoms with van der Waals surface area (Å²) >= 11 is 0. The highest BCUT2D eigenvalue weighted by Crippen LogP contribution is 2.30. The van der Waals surface area contributed by atoms with Gasteiger partial charge in [0.15, 0.2) is 0 Å². The molecule has 1 unspecified atom stereocenters. The van der Waals surface area contributed by atoms with Gasteiger partial charge in [-0.3, -0.25) is 4.98 Å². The first-order chi connectivity index (χ1) is 15.2. The minimum absolute atomic E-state index is 0.398. The van der Waals surface area contributed by atoms with Crippen molar-refractivity contribution >= 4 is 23.5 Å². The average molecular weight is 419 g/mol. The van der Waals surface area contributed by atoms with Crippen molar-refractivity contribution in [2.75, 3.05) is 23.3 Å². The van der Waals surface area contributed by atoms with E-state index in [0.29, 0.717) is 30.3 Å². The number of aliphatic imine (C=N–C) groups is 1. The Balaban J connectivity index is 1.22. The first kappa shape index (κ1) is 19.7. The van der Waals surface area contributed by atoms with Crippen LogP contribution >= 0.6 is 0 Å². The molecule has 2 N–H and O–H groups in total. The van der Waals surface area contributed by atoms with Gasteiger partial charge in [-0.05, 0) is 48.9 Å². The van der Waals surface area contributed by atoms with Gasteiger partial charge < -0.3 is 15.2 Å². The first-order valence-corrected chi connectivity index (χ1v) is 11.0. The van der Waals surface area contributed by atoms with Crippen molar-refractivity contribution < 1.29 is 4.39 Å². The van der Waals surface area contributed by atoms with E-state index >= 15 is 0 Å². The molecule has 5 heterocycles. The zero-order valence-electron chi connectivity index (χ0n) is 17.7. The van der Waals surface area contributed by atoms with Crippen LogP contribution in [0.3, 0.4) is 0 Å². The Hall–Kier alpha value is -3.22. The molecule has 0 saturated carbocycles. The number of hydrogen-bond acceptors (Lipinski definition) is 5. The molecule has 5 rings (SSSR count). The minimum atomic E-state index is -0.440. The van der Waals surface area contributed by atoms with Crippen molar-refractivity contribution in [2.45, 2.75) is 39.2 Å². The molecule has 6 nitrogen and oxygen atoms in total. The molecule has 0 amide bonds. The van der Waals surface area contributed by atoms with Crippen molar-refractivity contribution in [1.82, 2.24) is 15.0 Å². The van der Waals surface area contributed by atoms with Gasteiger partial charge >= 0.3 is 0 Å². The summed E-state index contributed by atoms with van der Waals surface area (Å²) < 4.78 is 14.7. The predicted octanol–water partition coefficient (Wildman–Crippen LogP) is 4.64. The summed E-state index contributed by atoms with van der Waals surface area (Å²) in [6, 6.07) is 7.76. The van der Waals surface area contributed by atoms with Crippen LogP contribution < -0.4 is 10.2 Å². The molecule has 160 valence electrons. The van der Waals surface area contributed by atoms with Gasteiger partial charge in [-0.25, -0.2) is 9.98 Å². The van der Waals surface area contributed by atoms with Crippen LogP contribution in [-0.2, 0) is 19.4 Å². The monoisotopic (exact) mass is 418 g/mol. The molecular weight excluding hydrogens is 391 g/mol. The highest BCUT2D eigenvalue weighted by atomic mass is 19.1. The lowest BCUT2D eigenvalue weighted by atomic mass is 9.95. The van der Waals surface area contributed by atoms with E-state index in [1.165, 1.54) is 24.1 Å². The molecule has 1 saturated heterocycles. The Labute approximate surface area is 181 Å². The highest BCUT2D eigenvalue weighted by Gasteiger charge is 2.18. The number of aromatic amines is 1. The zero-order valence-corrected chi connectivity index (χ0v) is 17.7. The van der Waals surface area contributed by atoms with Gasteiger partial charge in [-0.15, -0.1) is 0 Å². The summed E-state index contributed by atoms with van der Waals surface area (Å²) in [6.07, 6.45) is 9.74.